The molecule has 0 radical (unpaired) electrons. The quantitative estimate of drug-likeness (QED) is 0.754. The first-order chi connectivity index (χ1) is 8.93. The van der Waals surface area contributed by atoms with Crippen molar-refractivity contribution >= 4 is 23.4 Å². The van der Waals surface area contributed by atoms with Gasteiger partial charge < -0.3 is 15.3 Å². The number of aromatic nitrogens is 1. The number of rotatable bonds is 7. The summed E-state index contributed by atoms with van der Waals surface area (Å²) in [5.74, 6) is -0.522. The Morgan fingerprint density at radius 3 is 2.84 bits per heavy atom. The van der Waals surface area contributed by atoms with E-state index in [0.717, 1.165) is 13.0 Å². The molecule has 1 aromatic rings. The maximum atomic E-state index is 10.9. The molecule has 0 aliphatic carbocycles. The van der Waals surface area contributed by atoms with Gasteiger partial charge in [0.1, 0.15) is 11.0 Å². The van der Waals surface area contributed by atoms with Gasteiger partial charge in [0, 0.05) is 19.1 Å². The van der Waals surface area contributed by atoms with Gasteiger partial charge in [0.15, 0.2) is 0 Å². The van der Waals surface area contributed by atoms with E-state index in [2.05, 4.69) is 36.1 Å². The van der Waals surface area contributed by atoms with Crippen LogP contribution in [0.2, 0.25) is 5.15 Å². The molecule has 0 aliphatic rings. The minimum atomic E-state index is -1.01. The van der Waals surface area contributed by atoms with Crippen LogP contribution in [0.25, 0.3) is 0 Å². The lowest BCUT2D eigenvalue weighted by atomic mass is 10.2. The van der Waals surface area contributed by atoms with Gasteiger partial charge in [-0.05, 0) is 32.5 Å². The average Bonchev–Trinajstić information content (AvgIpc) is 2.36. The number of nitrogens with one attached hydrogen (secondary N) is 1. The van der Waals surface area contributed by atoms with Crippen LogP contribution in [0.15, 0.2) is 12.1 Å². The number of carboxylic acids is 1. The number of likely N-dealkylation sites (N-methyl/N-ethyl adjacent to an activating group) is 1. The van der Waals surface area contributed by atoms with Crippen molar-refractivity contribution in [1.29, 1.82) is 0 Å². The topological polar surface area (TPSA) is 65.5 Å². The molecule has 2 N–H and O–H groups in total. The largest absolute Gasteiger partial charge is 0.478 e. The second-order valence-electron chi connectivity index (χ2n) is 4.53. The molecule has 106 valence electrons. The molecule has 0 aliphatic heterocycles. The summed E-state index contributed by atoms with van der Waals surface area (Å²) in [7, 11) is 2.06. The van der Waals surface area contributed by atoms with Crippen molar-refractivity contribution in [1.82, 2.24) is 9.88 Å². The molecule has 0 fully saturated rings. The lowest BCUT2D eigenvalue weighted by molar-refractivity contribution is 0.0697. The molecule has 0 aromatic carbocycles. The van der Waals surface area contributed by atoms with Crippen LogP contribution in [-0.2, 0) is 0 Å². The van der Waals surface area contributed by atoms with Crippen LogP contribution in [-0.4, -0.2) is 47.1 Å². The molecule has 0 spiro atoms. The van der Waals surface area contributed by atoms with Crippen molar-refractivity contribution in [2.75, 3.05) is 25.5 Å². The predicted octanol–water partition coefficient (Wildman–Crippen LogP) is 2.58. The minimum Gasteiger partial charge on any atom is -0.478 e. The molecule has 1 atom stereocenters. The fourth-order valence-electron chi connectivity index (χ4n) is 1.60. The van der Waals surface area contributed by atoms with Gasteiger partial charge >= 0.3 is 5.97 Å². The van der Waals surface area contributed by atoms with E-state index in [4.69, 9.17) is 16.7 Å². The van der Waals surface area contributed by atoms with E-state index in [1.165, 1.54) is 12.1 Å². The van der Waals surface area contributed by atoms with Crippen LogP contribution in [0.3, 0.4) is 0 Å². The van der Waals surface area contributed by atoms with E-state index < -0.39 is 5.97 Å². The molecule has 0 bridgehead atoms. The highest BCUT2D eigenvalue weighted by Crippen LogP contribution is 2.14. The molecule has 6 heteroatoms. The zero-order valence-electron chi connectivity index (χ0n) is 11.5. The normalized spacial score (nSPS) is 12.5. The number of pyridine rings is 1. The van der Waals surface area contributed by atoms with E-state index in [9.17, 15) is 4.79 Å². The van der Waals surface area contributed by atoms with E-state index in [1.807, 2.05) is 0 Å². The van der Waals surface area contributed by atoms with E-state index in [1.54, 1.807) is 0 Å². The Hall–Kier alpha value is -1.33. The summed E-state index contributed by atoms with van der Waals surface area (Å²) >= 11 is 5.78. The molecule has 5 nitrogen and oxygen atoms in total. The van der Waals surface area contributed by atoms with Crippen molar-refractivity contribution in [2.45, 2.75) is 26.3 Å². The number of nitrogens with zero attached hydrogens (tertiary/aromatic N) is 2. The van der Waals surface area contributed by atoms with Gasteiger partial charge in [-0.15, -0.1) is 0 Å². The summed E-state index contributed by atoms with van der Waals surface area (Å²) in [4.78, 5) is 17.2. The molecule has 1 aromatic heterocycles. The van der Waals surface area contributed by atoms with E-state index >= 15 is 0 Å². The Balaban J connectivity index is 2.56. The zero-order chi connectivity index (χ0) is 14.4. The standard InChI is InChI=1S/C13H20ClN3O2/c1-4-9(2)17(3)6-5-15-12-8-10(13(18)19)7-11(14)16-12/h7-9H,4-6H2,1-3H3,(H,15,16)(H,18,19). The molecule has 0 amide bonds. The van der Waals surface area contributed by atoms with E-state index in [0.29, 0.717) is 18.4 Å². The van der Waals surface area contributed by atoms with Gasteiger partial charge in [-0.2, -0.15) is 0 Å². The maximum Gasteiger partial charge on any atom is 0.335 e. The van der Waals surface area contributed by atoms with Crippen molar-refractivity contribution in [3.05, 3.63) is 22.8 Å². The Morgan fingerprint density at radius 1 is 1.58 bits per heavy atom. The number of hydrogen-bond donors (Lipinski definition) is 2. The van der Waals surface area contributed by atoms with Crippen molar-refractivity contribution in [3.8, 4) is 0 Å². The van der Waals surface area contributed by atoms with Gasteiger partial charge in [-0.25, -0.2) is 9.78 Å². The van der Waals surface area contributed by atoms with Gasteiger partial charge in [0.2, 0.25) is 0 Å². The maximum absolute atomic E-state index is 10.9. The van der Waals surface area contributed by atoms with Crippen LogP contribution >= 0.6 is 11.6 Å². The van der Waals surface area contributed by atoms with E-state index in [-0.39, 0.29) is 10.7 Å². The average molecular weight is 286 g/mol. The van der Waals surface area contributed by atoms with Gasteiger partial charge in [0.05, 0.1) is 5.56 Å². The molecule has 19 heavy (non-hydrogen) atoms. The SMILES string of the molecule is CCC(C)N(C)CCNc1cc(C(=O)O)cc(Cl)n1. The third-order valence-electron chi connectivity index (χ3n) is 3.15. The minimum absolute atomic E-state index is 0.137. The Kier molecular flexibility index (Phi) is 6.05. The van der Waals surface area contributed by atoms with Crippen LogP contribution in [0.1, 0.15) is 30.6 Å². The number of carbonyl (C=O) groups is 1. The van der Waals surface area contributed by atoms with Crippen molar-refractivity contribution in [2.24, 2.45) is 0 Å². The summed E-state index contributed by atoms with van der Waals surface area (Å²) in [5.41, 5.74) is 0.137. The molecule has 1 rings (SSSR count). The first kappa shape index (κ1) is 15.7. The summed E-state index contributed by atoms with van der Waals surface area (Å²) < 4.78 is 0. The summed E-state index contributed by atoms with van der Waals surface area (Å²) in [6.07, 6.45) is 1.09. The van der Waals surface area contributed by atoms with Crippen LogP contribution in [0.4, 0.5) is 5.82 Å². The summed E-state index contributed by atoms with van der Waals surface area (Å²) in [6, 6.07) is 3.33. The monoisotopic (exact) mass is 285 g/mol. The molecule has 1 heterocycles. The van der Waals surface area contributed by atoms with Crippen molar-refractivity contribution < 1.29 is 9.90 Å². The number of halogens is 1. The molecular formula is C13H20ClN3O2. The zero-order valence-corrected chi connectivity index (χ0v) is 12.2. The number of anilines is 1. The molecule has 0 saturated carbocycles. The Bertz CT molecular complexity index is 440. The first-order valence-corrected chi connectivity index (χ1v) is 6.66. The highest BCUT2D eigenvalue weighted by atomic mass is 35.5. The van der Waals surface area contributed by atoms with Crippen LogP contribution in [0, 0.1) is 0 Å². The van der Waals surface area contributed by atoms with Gasteiger partial charge in [-0.1, -0.05) is 18.5 Å². The number of hydrogen-bond acceptors (Lipinski definition) is 4. The number of aromatic carboxylic acids is 1. The Morgan fingerprint density at radius 2 is 2.26 bits per heavy atom. The summed E-state index contributed by atoms with van der Waals surface area (Å²) in [6.45, 7) is 5.85. The molecule has 0 saturated heterocycles. The molecular weight excluding hydrogens is 266 g/mol. The fourth-order valence-corrected chi connectivity index (χ4v) is 1.81. The fraction of sp³-hybridized carbons (Fsp3) is 0.538. The first-order valence-electron chi connectivity index (χ1n) is 6.29. The second kappa shape index (κ2) is 7.31. The second-order valence-corrected chi connectivity index (χ2v) is 4.92. The highest BCUT2D eigenvalue weighted by Gasteiger charge is 2.09. The third-order valence-corrected chi connectivity index (χ3v) is 3.35. The predicted molar refractivity (Wildman–Crippen MR) is 77.1 cm³/mol. The van der Waals surface area contributed by atoms with Gasteiger partial charge in [-0.3, -0.25) is 0 Å². The highest BCUT2D eigenvalue weighted by molar-refractivity contribution is 6.29. The van der Waals surface area contributed by atoms with Crippen molar-refractivity contribution in [3.63, 3.8) is 0 Å². The van der Waals surface area contributed by atoms with Crippen LogP contribution < -0.4 is 5.32 Å². The smallest absolute Gasteiger partial charge is 0.335 e. The summed E-state index contributed by atoms with van der Waals surface area (Å²) in [5, 5.41) is 12.2. The Labute approximate surface area is 118 Å². The number of carboxylic acid groups (broad SMARTS) is 1. The lowest BCUT2D eigenvalue weighted by Gasteiger charge is -2.23. The third kappa shape index (κ3) is 5.04. The lowest BCUT2D eigenvalue weighted by Crippen LogP contribution is -2.32. The molecule has 1 unspecified atom stereocenters. The van der Waals surface area contributed by atoms with Gasteiger partial charge in [0.25, 0.3) is 0 Å². The van der Waals surface area contributed by atoms with Crippen LogP contribution in [0.5, 0.6) is 0 Å².